The molecular weight excluding hydrogens is 452 g/mol. The van der Waals surface area contributed by atoms with Gasteiger partial charge in [-0.05, 0) is 29.7 Å². The van der Waals surface area contributed by atoms with Gasteiger partial charge in [0, 0.05) is 49.5 Å². The summed E-state index contributed by atoms with van der Waals surface area (Å²) in [6.45, 7) is 9.75. The van der Waals surface area contributed by atoms with Crippen molar-refractivity contribution in [2.24, 2.45) is 11.8 Å². The minimum absolute atomic E-state index is 0.112. The van der Waals surface area contributed by atoms with Crippen LogP contribution in [0.5, 0.6) is 11.5 Å². The average molecular weight is 485 g/mol. The van der Waals surface area contributed by atoms with Crippen molar-refractivity contribution >= 4 is 28.5 Å². The van der Waals surface area contributed by atoms with Gasteiger partial charge in [-0.15, -0.1) is 0 Å². The van der Waals surface area contributed by atoms with E-state index in [4.69, 9.17) is 25.5 Å². The minimum Gasteiger partial charge on any atom is -0.489 e. The number of furan rings is 1. The summed E-state index contributed by atoms with van der Waals surface area (Å²) in [5.41, 5.74) is 2.91. The molecule has 2 heterocycles. The van der Waals surface area contributed by atoms with Crippen LogP contribution in [-0.2, 0) is 17.9 Å². The molecule has 4 rings (SSSR count). The fourth-order valence-electron chi connectivity index (χ4n) is 4.29. The van der Waals surface area contributed by atoms with E-state index in [2.05, 4.69) is 19.2 Å². The molecule has 6 nitrogen and oxygen atoms in total. The van der Waals surface area contributed by atoms with Gasteiger partial charge in [0.25, 0.3) is 0 Å². The lowest BCUT2D eigenvalue weighted by molar-refractivity contribution is -0.136. The van der Waals surface area contributed by atoms with Crippen LogP contribution in [0.4, 0.5) is 0 Å². The predicted octanol–water partition coefficient (Wildman–Crippen LogP) is 5.66. The van der Waals surface area contributed by atoms with E-state index in [1.54, 1.807) is 6.26 Å². The Morgan fingerprint density at radius 3 is 2.79 bits per heavy atom. The maximum Gasteiger partial charge on any atom is 0.226 e. The van der Waals surface area contributed by atoms with Gasteiger partial charge in [-0.2, -0.15) is 0 Å². The Hall–Kier alpha value is -2.70. The number of fused-ring (bicyclic) bond motifs is 2. The zero-order chi connectivity index (χ0) is 24.1. The Morgan fingerprint density at radius 1 is 1.15 bits per heavy atom. The summed E-state index contributed by atoms with van der Waals surface area (Å²) >= 11 is 6.49. The standard InChI is InChI=1S/C27H33ClN2O4/c1-18(2)16-30(17-20-12-23(28)26-24(13-20)32-9-5-10-33-26)27(31)19(3)14-29-15-22-7-4-6-21-8-11-34-25(21)22/h4,6-8,11-13,18-19,29H,5,9-10,14-17H2,1-3H3. The number of rotatable bonds is 9. The van der Waals surface area contributed by atoms with Crippen molar-refractivity contribution in [3.63, 3.8) is 0 Å². The number of carbonyl (C=O) groups excluding carboxylic acids is 1. The highest BCUT2D eigenvalue weighted by molar-refractivity contribution is 6.32. The van der Waals surface area contributed by atoms with Crippen LogP contribution < -0.4 is 14.8 Å². The van der Waals surface area contributed by atoms with Crippen LogP contribution in [0.3, 0.4) is 0 Å². The van der Waals surface area contributed by atoms with Crippen LogP contribution >= 0.6 is 11.6 Å². The van der Waals surface area contributed by atoms with Gasteiger partial charge in [-0.25, -0.2) is 0 Å². The number of ether oxygens (including phenoxy) is 2. The lowest BCUT2D eigenvalue weighted by atomic mass is 10.1. The lowest BCUT2D eigenvalue weighted by Crippen LogP contribution is -2.40. The Balaban J connectivity index is 1.41. The van der Waals surface area contributed by atoms with E-state index in [-0.39, 0.29) is 11.8 Å². The number of halogens is 1. The van der Waals surface area contributed by atoms with Crippen LogP contribution in [0.2, 0.25) is 5.02 Å². The van der Waals surface area contributed by atoms with Crippen LogP contribution in [0.25, 0.3) is 11.0 Å². The van der Waals surface area contributed by atoms with Crippen LogP contribution in [0, 0.1) is 11.8 Å². The minimum atomic E-state index is -0.176. The number of nitrogens with one attached hydrogen (secondary N) is 1. The summed E-state index contributed by atoms with van der Waals surface area (Å²) in [6, 6.07) is 11.9. The normalized spacial score (nSPS) is 14.3. The Kier molecular flexibility index (Phi) is 8.01. The molecule has 7 heteroatoms. The molecule has 0 saturated carbocycles. The molecule has 0 spiro atoms. The van der Waals surface area contributed by atoms with Crippen molar-refractivity contribution in [1.82, 2.24) is 10.2 Å². The SMILES string of the molecule is CC(C)CN(Cc1cc(Cl)c2c(c1)OCCCO2)C(=O)C(C)CNCc1cccc2ccoc12. The molecular formula is C27H33ClN2O4. The van der Waals surface area contributed by atoms with Crippen LogP contribution in [-0.4, -0.2) is 37.1 Å². The highest BCUT2D eigenvalue weighted by Gasteiger charge is 2.23. The second-order valence-electron chi connectivity index (χ2n) is 9.36. The van der Waals surface area contributed by atoms with E-state index in [1.165, 1.54) is 0 Å². The van der Waals surface area contributed by atoms with Crippen molar-refractivity contribution in [2.45, 2.75) is 40.3 Å². The van der Waals surface area contributed by atoms with Gasteiger partial charge < -0.3 is 24.1 Å². The number of nitrogens with zero attached hydrogens (tertiary/aromatic N) is 1. The van der Waals surface area contributed by atoms with Crippen LogP contribution in [0.1, 0.15) is 38.3 Å². The molecule has 1 amide bonds. The topological polar surface area (TPSA) is 63.9 Å². The van der Waals surface area contributed by atoms with Gasteiger partial charge in [0.2, 0.25) is 5.91 Å². The summed E-state index contributed by atoms with van der Waals surface area (Å²) in [7, 11) is 0. The lowest BCUT2D eigenvalue weighted by Gasteiger charge is -2.28. The summed E-state index contributed by atoms with van der Waals surface area (Å²) in [5, 5.41) is 5.03. The molecule has 0 aliphatic carbocycles. The first-order valence-electron chi connectivity index (χ1n) is 11.9. The second-order valence-corrected chi connectivity index (χ2v) is 9.76. The molecule has 3 aromatic rings. The van der Waals surface area contributed by atoms with Gasteiger partial charge in [-0.1, -0.05) is 50.6 Å². The number of carbonyl (C=O) groups is 1. The molecule has 0 bridgehead atoms. The molecule has 1 unspecified atom stereocenters. The molecule has 0 saturated heterocycles. The second kappa shape index (κ2) is 11.2. The van der Waals surface area contributed by atoms with Crippen molar-refractivity contribution in [3.05, 3.63) is 58.8 Å². The largest absolute Gasteiger partial charge is 0.489 e. The smallest absolute Gasteiger partial charge is 0.226 e. The quantitative estimate of drug-likeness (QED) is 0.424. The maximum atomic E-state index is 13.4. The zero-order valence-electron chi connectivity index (χ0n) is 20.1. The molecule has 1 atom stereocenters. The third kappa shape index (κ3) is 5.86. The molecule has 1 aliphatic heterocycles. The monoisotopic (exact) mass is 484 g/mol. The molecule has 34 heavy (non-hydrogen) atoms. The van der Waals surface area contributed by atoms with E-state index < -0.39 is 0 Å². The van der Waals surface area contributed by atoms with Crippen LogP contribution in [0.15, 0.2) is 47.1 Å². The van der Waals surface area contributed by atoms with E-state index >= 15 is 0 Å². The van der Waals surface area contributed by atoms with Gasteiger partial charge >= 0.3 is 0 Å². The summed E-state index contributed by atoms with van der Waals surface area (Å²) in [4.78, 5) is 15.3. The molecule has 182 valence electrons. The van der Waals surface area contributed by atoms with Crippen molar-refractivity contribution in [1.29, 1.82) is 0 Å². The first-order valence-corrected chi connectivity index (χ1v) is 12.3. The Morgan fingerprint density at radius 2 is 1.97 bits per heavy atom. The highest BCUT2D eigenvalue weighted by Crippen LogP contribution is 2.38. The van der Waals surface area contributed by atoms with Crippen molar-refractivity contribution < 1.29 is 18.7 Å². The summed E-state index contributed by atoms with van der Waals surface area (Å²) in [5.74, 6) is 1.52. The van der Waals surface area contributed by atoms with E-state index in [1.807, 2.05) is 48.2 Å². The molecule has 1 N–H and O–H groups in total. The third-order valence-corrected chi connectivity index (χ3v) is 6.16. The molecule has 2 aromatic carbocycles. The number of hydrogen-bond donors (Lipinski definition) is 1. The number of amides is 1. The maximum absolute atomic E-state index is 13.4. The number of benzene rings is 2. The van der Waals surface area contributed by atoms with Crippen molar-refractivity contribution in [2.75, 3.05) is 26.3 Å². The fraction of sp³-hybridized carbons (Fsp3) is 0.444. The zero-order valence-corrected chi connectivity index (χ0v) is 20.9. The number of para-hydroxylation sites is 1. The highest BCUT2D eigenvalue weighted by atomic mass is 35.5. The first kappa shape index (κ1) is 24.4. The van der Waals surface area contributed by atoms with E-state index in [0.717, 1.165) is 28.5 Å². The van der Waals surface area contributed by atoms with Crippen molar-refractivity contribution in [3.8, 4) is 11.5 Å². The van der Waals surface area contributed by atoms with Gasteiger partial charge in [0.05, 0.1) is 24.5 Å². The molecule has 1 aromatic heterocycles. The molecule has 0 fully saturated rings. The van der Waals surface area contributed by atoms with E-state index in [9.17, 15) is 4.79 Å². The average Bonchev–Trinajstić information content (AvgIpc) is 3.16. The predicted molar refractivity (Wildman–Crippen MR) is 134 cm³/mol. The Bertz CT molecular complexity index is 1130. The van der Waals surface area contributed by atoms with Gasteiger partial charge in [-0.3, -0.25) is 4.79 Å². The van der Waals surface area contributed by atoms with Gasteiger partial charge in [0.15, 0.2) is 11.5 Å². The fourth-order valence-corrected chi connectivity index (χ4v) is 4.57. The van der Waals surface area contributed by atoms with Gasteiger partial charge in [0.1, 0.15) is 5.58 Å². The summed E-state index contributed by atoms with van der Waals surface area (Å²) < 4.78 is 17.2. The number of hydrogen-bond acceptors (Lipinski definition) is 5. The first-order chi connectivity index (χ1) is 16.4. The van der Waals surface area contributed by atoms with E-state index in [0.29, 0.717) is 61.8 Å². The molecule has 0 radical (unpaired) electrons. The Labute approximate surface area is 206 Å². The summed E-state index contributed by atoms with van der Waals surface area (Å²) in [6.07, 6.45) is 2.52. The third-order valence-electron chi connectivity index (χ3n) is 5.88. The molecule has 1 aliphatic rings.